The topological polar surface area (TPSA) is 90.0 Å². The Hall–Kier alpha value is -2.42. The van der Waals surface area contributed by atoms with Gasteiger partial charge in [0.15, 0.2) is 0 Å². The Morgan fingerprint density at radius 1 is 1.38 bits per heavy atom. The van der Waals surface area contributed by atoms with E-state index in [1.54, 1.807) is 27.8 Å². The zero-order valence-electron chi connectivity index (χ0n) is 17.4. The number of hydrogen-bond donors (Lipinski definition) is 1. The number of hydrogen-bond acceptors (Lipinski definition) is 6. The first-order valence-electron chi connectivity index (χ1n) is 8.76. The van der Waals surface area contributed by atoms with Crippen molar-refractivity contribution in [1.82, 2.24) is 9.88 Å². The van der Waals surface area contributed by atoms with Crippen LogP contribution in [0.1, 0.15) is 40.2 Å². The largest absolute Gasteiger partial charge is 0.444 e. The summed E-state index contributed by atoms with van der Waals surface area (Å²) in [6.45, 7) is 6.13. The number of carbonyl (C=O) groups excluding carboxylic acids is 1. The second kappa shape index (κ2) is 9.87. The number of nitrogens with zero attached hydrogens (tertiary/aromatic N) is 3. The van der Waals surface area contributed by atoms with Crippen molar-refractivity contribution in [2.45, 2.75) is 52.4 Å². The number of alkyl halides is 2. The summed E-state index contributed by atoms with van der Waals surface area (Å²) in [5, 5.41) is -0.00201. The predicted molar refractivity (Wildman–Crippen MR) is 109 cm³/mol. The number of allylic oxidation sites excluding steroid dienone is 1. The summed E-state index contributed by atoms with van der Waals surface area (Å²) < 4.78 is 35.2. The molecule has 7 nitrogen and oxygen atoms in total. The van der Waals surface area contributed by atoms with Crippen LogP contribution in [0.3, 0.4) is 0 Å². The van der Waals surface area contributed by atoms with Crippen LogP contribution in [0, 0.1) is 0 Å². The van der Waals surface area contributed by atoms with E-state index in [0.29, 0.717) is 5.57 Å². The van der Waals surface area contributed by atoms with Gasteiger partial charge >= 0.3 is 12.7 Å². The Balaban J connectivity index is 2.97. The smallest absolute Gasteiger partial charge is 0.410 e. The van der Waals surface area contributed by atoms with E-state index in [1.165, 1.54) is 29.6 Å². The third-order valence-electron chi connectivity index (χ3n) is 3.82. The van der Waals surface area contributed by atoms with Crippen LogP contribution in [-0.2, 0) is 4.74 Å². The van der Waals surface area contributed by atoms with Gasteiger partial charge in [-0.15, -0.1) is 0 Å². The average molecular weight is 433 g/mol. The van der Waals surface area contributed by atoms with Crippen molar-refractivity contribution in [2.75, 3.05) is 13.6 Å². The molecule has 1 aromatic rings. The maximum Gasteiger partial charge on any atom is 0.410 e. The van der Waals surface area contributed by atoms with Crippen LogP contribution in [0.5, 0.6) is 5.75 Å². The molecule has 29 heavy (non-hydrogen) atoms. The second-order valence-corrected chi connectivity index (χ2v) is 8.21. The highest BCUT2D eigenvalue weighted by molar-refractivity contribution is 6.29. The molecule has 0 radical (unpaired) electrons. The van der Waals surface area contributed by atoms with Crippen molar-refractivity contribution in [3.05, 3.63) is 29.2 Å². The summed E-state index contributed by atoms with van der Waals surface area (Å²) in [6, 6.07) is 1.17. The molecule has 0 aliphatic rings. The van der Waals surface area contributed by atoms with E-state index in [0.717, 1.165) is 0 Å². The normalized spacial score (nSPS) is 13.1. The lowest BCUT2D eigenvalue weighted by molar-refractivity contribution is -0.0500. The quantitative estimate of drug-likeness (QED) is 0.511. The minimum atomic E-state index is -3.04. The highest BCUT2D eigenvalue weighted by atomic mass is 35.5. The zero-order chi connectivity index (χ0) is 22.4. The fraction of sp³-hybridized carbons (Fsp3) is 0.526. The summed E-state index contributed by atoms with van der Waals surface area (Å²) in [5.41, 5.74) is 4.84. The van der Waals surface area contributed by atoms with E-state index in [-0.39, 0.29) is 23.0 Å². The standard InChI is InChI=1S/C19H27ClF2N4O3/c1-18(2,3)29-17(27)26(6)19(4,5)11-24-9-12(8-23)13-10-25-15(20)7-14(13)28-16(21)22/h7-10,16H,11,23H2,1-6H3/b12-8+,24-9?. The molecule has 1 heterocycles. The first kappa shape index (κ1) is 24.6. The van der Waals surface area contributed by atoms with Gasteiger partial charge in [-0.25, -0.2) is 9.78 Å². The summed E-state index contributed by atoms with van der Waals surface area (Å²) in [6.07, 6.45) is 3.37. The number of carbonyl (C=O) groups is 1. The van der Waals surface area contributed by atoms with E-state index >= 15 is 0 Å². The van der Waals surface area contributed by atoms with Crippen molar-refractivity contribution in [2.24, 2.45) is 10.7 Å². The maximum absolute atomic E-state index is 12.7. The van der Waals surface area contributed by atoms with Gasteiger partial charge < -0.3 is 20.1 Å². The molecule has 2 N–H and O–H groups in total. The first-order valence-corrected chi connectivity index (χ1v) is 9.14. The molecule has 0 aromatic carbocycles. The zero-order valence-corrected chi connectivity index (χ0v) is 18.1. The van der Waals surface area contributed by atoms with Gasteiger partial charge in [-0.1, -0.05) is 11.6 Å². The van der Waals surface area contributed by atoms with Gasteiger partial charge in [-0.3, -0.25) is 4.99 Å². The number of aliphatic imine (C=N–C) groups is 1. The van der Waals surface area contributed by atoms with Gasteiger partial charge in [0.05, 0.1) is 12.1 Å². The third-order valence-corrected chi connectivity index (χ3v) is 4.03. The molecule has 0 saturated carbocycles. The SMILES string of the molecule is CN(C(=O)OC(C)(C)C)C(C)(C)CN=C/C(=C\N)c1cnc(Cl)cc1OC(F)F. The van der Waals surface area contributed by atoms with Crippen molar-refractivity contribution in [3.8, 4) is 5.75 Å². The van der Waals surface area contributed by atoms with Crippen molar-refractivity contribution < 1.29 is 23.0 Å². The molecule has 162 valence electrons. The lowest BCUT2D eigenvalue weighted by Gasteiger charge is -2.35. The molecule has 1 amide bonds. The third kappa shape index (κ3) is 7.84. The Kier molecular flexibility index (Phi) is 8.37. The van der Waals surface area contributed by atoms with E-state index in [4.69, 9.17) is 22.1 Å². The molecule has 1 aromatic heterocycles. The minimum Gasteiger partial charge on any atom is -0.444 e. The lowest BCUT2D eigenvalue weighted by Crippen LogP contribution is -2.49. The molecule has 0 saturated heterocycles. The van der Waals surface area contributed by atoms with Gasteiger partial charge in [-0.2, -0.15) is 8.78 Å². The van der Waals surface area contributed by atoms with Crippen molar-refractivity contribution >= 4 is 29.5 Å². The number of halogens is 3. The maximum atomic E-state index is 12.7. The van der Waals surface area contributed by atoms with Gasteiger partial charge in [0.1, 0.15) is 16.5 Å². The fourth-order valence-corrected chi connectivity index (χ4v) is 2.22. The van der Waals surface area contributed by atoms with Crippen LogP contribution < -0.4 is 10.5 Å². The van der Waals surface area contributed by atoms with E-state index in [9.17, 15) is 13.6 Å². The molecule has 0 atom stereocenters. The molecular weight excluding hydrogens is 406 g/mol. The molecule has 0 fully saturated rings. The van der Waals surface area contributed by atoms with E-state index in [2.05, 4.69) is 14.7 Å². The highest BCUT2D eigenvalue weighted by Crippen LogP contribution is 2.28. The average Bonchev–Trinajstić information content (AvgIpc) is 2.56. The van der Waals surface area contributed by atoms with Crippen LogP contribution in [0.2, 0.25) is 5.15 Å². The van der Waals surface area contributed by atoms with Crippen LogP contribution in [0.15, 0.2) is 23.5 Å². The molecule has 0 spiro atoms. The van der Waals surface area contributed by atoms with Gasteiger partial charge in [0.2, 0.25) is 0 Å². The Bertz CT molecular complexity index is 777. The van der Waals surface area contributed by atoms with Crippen LogP contribution >= 0.6 is 11.6 Å². The monoisotopic (exact) mass is 432 g/mol. The fourth-order valence-electron chi connectivity index (χ4n) is 2.08. The lowest BCUT2D eigenvalue weighted by atomic mass is 10.0. The number of ether oxygens (including phenoxy) is 2. The van der Waals surface area contributed by atoms with Crippen LogP contribution in [0.25, 0.3) is 5.57 Å². The number of rotatable bonds is 7. The molecular formula is C19H27ClF2N4O3. The molecule has 0 unspecified atom stereocenters. The van der Waals surface area contributed by atoms with Gasteiger partial charge in [0, 0.05) is 42.9 Å². The van der Waals surface area contributed by atoms with Crippen molar-refractivity contribution in [1.29, 1.82) is 0 Å². The minimum absolute atomic E-state index is 0.00201. The summed E-state index contributed by atoms with van der Waals surface area (Å²) in [5.74, 6) is -0.173. The van der Waals surface area contributed by atoms with E-state index < -0.39 is 23.8 Å². The molecule has 0 bridgehead atoms. The van der Waals surface area contributed by atoms with Gasteiger partial charge in [-0.05, 0) is 34.6 Å². The molecule has 10 heteroatoms. The number of aromatic nitrogens is 1. The Labute approximate surface area is 174 Å². The number of nitrogens with two attached hydrogens (primary N) is 1. The highest BCUT2D eigenvalue weighted by Gasteiger charge is 2.30. The van der Waals surface area contributed by atoms with Crippen LogP contribution in [0.4, 0.5) is 13.6 Å². The van der Waals surface area contributed by atoms with Gasteiger partial charge in [0.25, 0.3) is 0 Å². The molecule has 1 rings (SSSR count). The molecule has 0 aliphatic heterocycles. The second-order valence-electron chi connectivity index (χ2n) is 7.83. The number of pyridine rings is 1. The predicted octanol–water partition coefficient (Wildman–Crippen LogP) is 4.35. The first-order chi connectivity index (χ1) is 13.3. The Morgan fingerprint density at radius 2 is 2.00 bits per heavy atom. The van der Waals surface area contributed by atoms with Crippen LogP contribution in [-0.4, -0.2) is 53.5 Å². The summed E-state index contributed by atoms with van der Waals surface area (Å²) in [4.78, 5) is 21.9. The van der Waals surface area contributed by atoms with E-state index in [1.807, 2.05) is 13.8 Å². The molecule has 0 aliphatic carbocycles. The Morgan fingerprint density at radius 3 is 2.52 bits per heavy atom. The summed E-state index contributed by atoms with van der Waals surface area (Å²) >= 11 is 5.75. The van der Waals surface area contributed by atoms with Crippen molar-refractivity contribution in [3.63, 3.8) is 0 Å². The number of amides is 1. The number of likely N-dealkylation sites (N-methyl/N-ethyl adjacent to an activating group) is 1. The summed E-state index contributed by atoms with van der Waals surface area (Å²) in [7, 11) is 1.61.